The number of hydrogen-bond acceptors (Lipinski definition) is 3. The quantitative estimate of drug-likeness (QED) is 0.770. The standard InChI is InChI=1S/C13H21ClN4OS/c1-5-18-13-11(10(3)16-18)15-12(9(2)14)17(13)7-6-8-20(4)19/h9H,5-8H2,1-4H3. The van der Waals surface area contributed by atoms with E-state index in [1.54, 1.807) is 6.26 Å². The number of aryl methyl sites for hydroxylation is 3. The van der Waals surface area contributed by atoms with Gasteiger partial charge in [-0.25, -0.2) is 9.67 Å². The van der Waals surface area contributed by atoms with E-state index in [9.17, 15) is 4.21 Å². The van der Waals surface area contributed by atoms with E-state index in [0.717, 1.165) is 42.2 Å². The molecule has 2 rings (SSSR count). The average Bonchev–Trinajstić information content (AvgIpc) is 2.88. The minimum absolute atomic E-state index is 0.153. The van der Waals surface area contributed by atoms with Crippen LogP contribution in [0.3, 0.4) is 0 Å². The van der Waals surface area contributed by atoms with E-state index in [0.29, 0.717) is 5.75 Å². The molecule has 2 unspecified atom stereocenters. The number of rotatable bonds is 6. The molecule has 2 aromatic rings. The van der Waals surface area contributed by atoms with Crippen LogP contribution in [0.4, 0.5) is 0 Å². The third-order valence-corrected chi connectivity index (χ3v) is 4.36. The molecule has 0 saturated carbocycles. The maximum atomic E-state index is 11.2. The summed E-state index contributed by atoms with van der Waals surface area (Å²) in [5.74, 6) is 1.56. The summed E-state index contributed by atoms with van der Waals surface area (Å²) in [6, 6.07) is 0. The van der Waals surface area contributed by atoms with Crippen LogP contribution in [0, 0.1) is 6.92 Å². The van der Waals surface area contributed by atoms with E-state index in [1.807, 2.05) is 18.5 Å². The van der Waals surface area contributed by atoms with Gasteiger partial charge in [-0.1, -0.05) is 0 Å². The molecule has 0 saturated heterocycles. The molecule has 0 aliphatic carbocycles. The Kier molecular flexibility index (Phi) is 4.86. The largest absolute Gasteiger partial charge is 0.312 e. The van der Waals surface area contributed by atoms with Gasteiger partial charge in [-0.05, 0) is 27.2 Å². The molecule has 5 nitrogen and oxygen atoms in total. The Labute approximate surface area is 126 Å². The zero-order valence-electron chi connectivity index (χ0n) is 12.4. The van der Waals surface area contributed by atoms with Crippen molar-refractivity contribution in [3.63, 3.8) is 0 Å². The Hall–Kier alpha value is -0.880. The summed E-state index contributed by atoms with van der Waals surface area (Å²) in [7, 11) is -0.769. The van der Waals surface area contributed by atoms with Crippen LogP contribution in [0.2, 0.25) is 0 Å². The molecule has 0 spiro atoms. The van der Waals surface area contributed by atoms with Crippen molar-refractivity contribution in [2.45, 2.75) is 45.7 Å². The lowest BCUT2D eigenvalue weighted by Crippen LogP contribution is -2.11. The number of imidazole rings is 1. The molecule has 2 aromatic heterocycles. The predicted octanol–water partition coefficient (Wildman–Crippen LogP) is 2.63. The summed E-state index contributed by atoms with van der Waals surface area (Å²) in [6.07, 6.45) is 2.58. The molecule has 0 bridgehead atoms. The SMILES string of the molecule is CCn1nc(C)c2nc(C(C)Cl)n(CCCS(C)=O)c21. The Morgan fingerprint density at radius 2 is 2.15 bits per heavy atom. The van der Waals surface area contributed by atoms with Gasteiger partial charge in [0.2, 0.25) is 0 Å². The Bertz CT molecular complexity index is 632. The van der Waals surface area contributed by atoms with Gasteiger partial charge in [-0.15, -0.1) is 11.6 Å². The highest BCUT2D eigenvalue weighted by Crippen LogP contribution is 2.26. The van der Waals surface area contributed by atoms with E-state index >= 15 is 0 Å². The normalized spacial score (nSPS) is 14.8. The van der Waals surface area contributed by atoms with Gasteiger partial charge in [0, 0.05) is 35.9 Å². The first-order valence-electron chi connectivity index (χ1n) is 6.83. The molecule has 0 aromatic carbocycles. The van der Waals surface area contributed by atoms with Gasteiger partial charge >= 0.3 is 0 Å². The van der Waals surface area contributed by atoms with Gasteiger partial charge < -0.3 is 4.57 Å². The molecule has 0 aliphatic rings. The summed E-state index contributed by atoms with van der Waals surface area (Å²) in [5.41, 5.74) is 2.87. The zero-order valence-corrected chi connectivity index (χ0v) is 14.0. The summed E-state index contributed by atoms with van der Waals surface area (Å²) in [5, 5.41) is 4.35. The maximum Gasteiger partial charge on any atom is 0.158 e. The van der Waals surface area contributed by atoms with Crippen LogP contribution in [-0.4, -0.2) is 35.5 Å². The lowest BCUT2D eigenvalue weighted by molar-refractivity contribution is 0.600. The molecule has 0 amide bonds. The number of aromatic nitrogens is 4. The first-order chi connectivity index (χ1) is 9.45. The van der Waals surface area contributed by atoms with E-state index in [2.05, 4.69) is 21.6 Å². The van der Waals surface area contributed by atoms with Crippen LogP contribution in [0.1, 0.15) is 37.2 Å². The average molecular weight is 317 g/mol. The monoisotopic (exact) mass is 316 g/mol. The fourth-order valence-corrected chi connectivity index (χ4v) is 3.11. The van der Waals surface area contributed by atoms with Crippen molar-refractivity contribution in [1.82, 2.24) is 19.3 Å². The smallest absolute Gasteiger partial charge is 0.158 e. The molecule has 0 N–H and O–H groups in total. The molecule has 0 radical (unpaired) electrons. The molecule has 20 heavy (non-hydrogen) atoms. The summed E-state index contributed by atoms with van der Waals surface area (Å²) in [4.78, 5) is 4.65. The second-order valence-corrected chi connectivity index (χ2v) is 7.15. The molecule has 112 valence electrons. The number of nitrogens with zero attached hydrogens (tertiary/aromatic N) is 4. The van der Waals surface area contributed by atoms with Crippen LogP contribution in [0.15, 0.2) is 0 Å². The molecular formula is C13H21ClN4OS. The Balaban J connectivity index is 2.46. The van der Waals surface area contributed by atoms with Gasteiger partial charge in [-0.2, -0.15) is 5.10 Å². The summed E-state index contributed by atoms with van der Waals surface area (Å²) in [6.45, 7) is 7.53. The topological polar surface area (TPSA) is 52.7 Å². The predicted molar refractivity (Wildman–Crippen MR) is 83.7 cm³/mol. The summed E-state index contributed by atoms with van der Waals surface area (Å²) >= 11 is 6.25. The van der Waals surface area contributed by atoms with Crippen molar-refractivity contribution in [3.05, 3.63) is 11.5 Å². The molecule has 2 atom stereocenters. The maximum absolute atomic E-state index is 11.2. The van der Waals surface area contributed by atoms with Crippen LogP contribution in [0.5, 0.6) is 0 Å². The Morgan fingerprint density at radius 3 is 2.70 bits per heavy atom. The molecular weight excluding hydrogens is 296 g/mol. The third-order valence-electron chi connectivity index (χ3n) is 3.30. The van der Waals surface area contributed by atoms with Crippen LogP contribution in [-0.2, 0) is 23.9 Å². The van der Waals surface area contributed by atoms with Crippen molar-refractivity contribution in [1.29, 1.82) is 0 Å². The third kappa shape index (κ3) is 2.91. The lowest BCUT2D eigenvalue weighted by atomic mass is 10.4. The second-order valence-electron chi connectivity index (χ2n) is 4.94. The van der Waals surface area contributed by atoms with E-state index < -0.39 is 10.8 Å². The molecule has 2 heterocycles. The van der Waals surface area contributed by atoms with Gasteiger partial charge in [0.1, 0.15) is 11.3 Å². The highest BCUT2D eigenvalue weighted by Gasteiger charge is 2.20. The number of hydrogen-bond donors (Lipinski definition) is 0. The molecule has 0 aliphatic heterocycles. The minimum atomic E-state index is -0.769. The van der Waals surface area contributed by atoms with Gasteiger partial charge in [0.25, 0.3) is 0 Å². The highest BCUT2D eigenvalue weighted by atomic mass is 35.5. The van der Waals surface area contributed by atoms with E-state index in [4.69, 9.17) is 11.6 Å². The van der Waals surface area contributed by atoms with Crippen molar-refractivity contribution in [2.24, 2.45) is 0 Å². The fourth-order valence-electron chi connectivity index (χ4n) is 2.41. The van der Waals surface area contributed by atoms with Crippen molar-refractivity contribution >= 4 is 33.6 Å². The molecule has 7 heteroatoms. The van der Waals surface area contributed by atoms with Gasteiger partial charge in [0.15, 0.2) is 5.65 Å². The van der Waals surface area contributed by atoms with E-state index in [1.165, 1.54) is 0 Å². The summed E-state index contributed by atoms with van der Waals surface area (Å²) < 4.78 is 15.3. The second kappa shape index (κ2) is 6.26. The number of alkyl halides is 1. The zero-order chi connectivity index (χ0) is 14.9. The highest BCUT2D eigenvalue weighted by molar-refractivity contribution is 7.84. The van der Waals surface area contributed by atoms with Crippen LogP contribution < -0.4 is 0 Å². The van der Waals surface area contributed by atoms with Crippen molar-refractivity contribution < 1.29 is 4.21 Å². The van der Waals surface area contributed by atoms with Crippen LogP contribution >= 0.6 is 11.6 Å². The van der Waals surface area contributed by atoms with Crippen molar-refractivity contribution in [3.8, 4) is 0 Å². The number of halogens is 1. The number of fused-ring (bicyclic) bond motifs is 1. The first kappa shape index (κ1) is 15.5. The fraction of sp³-hybridized carbons (Fsp3) is 0.692. The van der Waals surface area contributed by atoms with Crippen LogP contribution in [0.25, 0.3) is 11.2 Å². The minimum Gasteiger partial charge on any atom is -0.312 e. The van der Waals surface area contributed by atoms with Gasteiger partial charge in [0.05, 0.1) is 11.1 Å². The van der Waals surface area contributed by atoms with Gasteiger partial charge in [-0.3, -0.25) is 4.21 Å². The first-order valence-corrected chi connectivity index (χ1v) is 8.99. The molecule has 0 fully saturated rings. The lowest BCUT2D eigenvalue weighted by Gasteiger charge is -2.11. The Morgan fingerprint density at radius 1 is 1.45 bits per heavy atom. The van der Waals surface area contributed by atoms with Crippen molar-refractivity contribution in [2.75, 3.05) is 12.0 Å². The van der Waals surface area contributed by atoms with E-state index in [-0.39, 0.29) is 5.38 Å².